The second-order valence-corrected chi connectivity index (χ2v) is 4.45. The Morgan fingerprint density at radius 2 is 2.20 bits per heavy atom. The highest BCUT2D eigenvalue weighted by atomic mass is 32.1. The Labute approximate surface area is 92.8 Å². The van der Waals surface area contributed by atoms with Crippen molar-refractivity contribution in [2.24, 2.45) is 0 Å². The lowest BCUT2D eigenvalue weighted by molar-refractivity contribution is 0.930. The molecule has 0 unspecified atom stereocenters. The van der Waals surface area contributed by atoms with Crippen LogP contribution in [-0.4, -0.2) is 14.6 Å². The summed E-state index contributed by atoms with van der Waals surface area (Å²) in [5.41, 5.74) is -0.108. The van der Waals surface area contributed by atoms with Crippen molar-refractivity contribution in [2.75, 3.05) is 0 Å². The van der Waals surface area contributed by atoms with Crippen LogP contribution in [0.4, 0.5) is 0 Å². The van der Waals surface area contributed by atoms with E-state index < -0.39 is 0 Å². The van der Waals surface area contributed by atoms with Gasteiger partial charge >= 0.3 is 0 Å². The van der Waals surface area contributed by atoms with Gasteiger partial charge in [0.15, 0.2) is 0 Å². The van der Waals surface area contributed by atoms with Crippen LogP contribution in [0.25, 0.3) is 15.0 Å². The molecule has 4 nitrogen and oxygen atoms in total. The van der Waals surface area contributed by atoms with Crippen molar-refractivity contribution < 1.29 is 0 Å². The van der Waals surface area contributed by atoms with Gasteiger partial charge in [-0.3, -0.25) is 9.89 Å². The molecule has 1 aromatic carbocycles. The van der Waals surface area contributed by atoms with E-state index in [1.165, 1.54) is 15.9 Å². The van der Waals surface area contributed by atoms with E-state index in [4.69, 9.17) is 12.2 Å². The summed E-state index contributed by atoms with van der Waals surface area (Å²) in [7, 11) is 0. The summed E-state index contributed by atoms with van der Waals surface area (Å²) in [6.07, 6.45) is 0. The first-order valence-corrected chi connectivity index (χ1v) is 5.49. The fourth-order valence-corrected chi connectivity index (χ4v) is 2.66. The molecule has 1 N–H and O–H groups in total. The molecule has 0 radical (unpaired) electrons. The lowest BCUT2D eigenvalue weighted by Gasteiger charge is -1.95. The van der Waals surface area contributed by atoms with Gasteiger partial charge in [-0.2, -0.15) is 9.50 Å². The molecule has 0 spiro atoms. The molecule has 0 fully saturated rings. The third-order valence-corrected chi connectivity index (χ3v) is 3.33. The lowest BCUT2D eigenvalue weighted by atomic mass is 10.3. The molecule has 0 saturated heterocycles. The molecule has 0 aliphatic heterocycles. The first-order chi connectivity index (χ1) is 7.25. The number of nitrogens with zero attached hydrogens (tertiary/aromatic N) is 2. The standard InChI is InChI=1S/C9H5N3OS2/c13-7-5-3-1-2-4-6(5)15-9-10-8(14)11-12(7)9/h1-4H,(H,11,14). The van der Waals surface area contributed by atoms with E-state index in [9.17, 15) is 4.79 Å². The molecule has 15 heavy (non-hydrogen) atoms. The van der Waals surface area contributed by atoms with Gasteiger partial charge in [0, 0.05) is 4.70 Å². The van der Waals surface area contributed by atoms with Crippen LogP contribution in [0.5, 0.6) is 0 Å². The maximum absolute atomic E-state index is 12.0. The predicted octanol–water partition coefficient (Wildman–Crippen LogP) is 1.97. The maximum atomic E-state index is 12.0. The molecule has 0 amide bonds. The SMILES string of the molecule is O=c1c2ccccc2sc2nc(=S)[nH]n12. The first-order valence-electron chi connectivity index (χ1n) is 4.26. The Morgan fingerprint density at radius 1 is 1.40 bits per heavy atom. The summed E-state index contributed by atoms with van der Waals surface area (Å²) < 4.78 is 2.64. The van der Waals surface area contributed by atoms with Crippen LogP contribution in [-0.2, 0) is 0 Å². The highest BCUT2D eigenvalue weighted by Crippen LogP contribution is 2.17. The Hall–Kier alpha value is -1.53. The molecule has 0 bridgehead atoms. The van der Waals surface area contributed by atoms with E-state index in [0.717, 1.165) is 4.70 Å². The Morgan fingerprint density at radius 3 is 3.07 bits per heavy atom. The van der Waals surface area contributed by atoms with E-state index in [-0.39, 0.29) is 5.56 Å². The zero-order chi connectivity index (χ0) is 10.4. The normalized spacial score (nSPS) is 11.2. The fourth-order valence-electron chi connectivity index (χ4n) is 1.46. The van der Waals surface area contributed by atoms with E-state index in [1.54, 1.807) is 6.07 Å². The van der Waals surface area contributed by atoms with Crippen LogP contribution in [0, 0.1) is 4.77 Å². The number of benzene rings is 1. The van der Waals surface area contributed by atoms with Crippen molar-refractivity contribution in [1.82, 2.24) is 14.6 Å². The van der Waals surface area contributed by atoms with Crippen LogP contribution in [0.2, 0.25) is 0 Å². The summed E-state index contributed by atoms with van der Waals surface area (Å²) in [4.78, 5) is 16.6. The summed E-state index contributed by atoms with van der Waals surface area (Å²) in [6.45, 7) is 0. The third-order valence-electron chi connectivity index (χ3n) is 2.12. The van der Waals surface area contributed by atoms with Gasteiger partial charge in [-0.15, -0.1) is 0 Å². The summed E-state index contributed by atoms with van der Waals surface area (Å²) >= 11 is 6.33. The molecular formula is C9H5N3OS2. The van der Waals surface area contributed by atoms with Crippen LogP contribution >= 0.6 is 23.6 Å². The molecule has 3 aromatic rings. The lowest BCUT2D eigenvalue weighted by Crippen LogP contribution is -2.12. The molecular weight excluding hydrogens is 230 g/mol. The van der Waals surface area contributed by atoms with E-state index >= 15 is 0 Å². The van der Waals surface area contributed by atoms with Gasteiger partial charge in [0.1, 0.15) is 0 Å². The number of rotatable bonds is 0. The van der Waals surface area contributed by atoms with Crippen LogP contribution in [0.3, 0.4) is 0 Å². The molecule has 0 aliphatic rings. The van der Waals surface area contributed by atoms with Gasteiger partial charge in [-0.25, -0.2) is 0 Å². The topological polar surface area (TPSA) is 50.2 Å². The van der Waals surface area contributed by atoms with E-state index in [1.807, 2.05) is 18.2 Å². The number of aromatic nitrogens is 3. The van der Waals surface area contributed by atoms with Gasteiger partial charge in [0.25, 0.3) is 5.56 Å². The highest BCUT2D eigenvalue weighted by molar-refractivity contribution is 7.71. The Bertz CT molecular complexity index is 768. The average molecular weight is 235 g/mol. The second-order valence-electron chi connectivity index (χ2n) is 3.05. The van der Waals surface area contributed by atoms with Gasteiger partial charge in [-0.05, 0) is 24.4 Å². The first kappa shape index (κ1) is 8.75. The van der Waals surface area contributed by atoms with E-state index in [2.05, 4.69) is 10.1 Å². The molecule has 0 aliphatic carbocycles. The fraction of sp³-hybridized carbons (Fsp3) is 0. The summed E-state index contributed by atoms with van der Waals surface area (Å²) in [5, 5.41) is 3.42. The van der Waals surface area contributed by atoms with Crippen molar-refractivity contribution in [1.29, 1.82) is 0 Å². The number of H-pyrrole nitrogens is 1. The minimum absolute atomic E-state index is 0.108. The zero-order valence-corrected chi connectivity index (χ0v) is 9.06. The molecule has 0 saturated carbocycles. The molecule has 2 aromatic heterocycles. The molecule has 6 heteroatoms. The summed E-state index contributed by atoms with van der Waals surface area (Å²) in [5.74, 6) is 0. The zero-order valence-electron chi connectivity index (χ0n) is 7.43. The van der Waals surface area contributed by atoms with Gasteiger partial charge in [0.2, 0.25) is 9.73 Å². The molecule has 0 atom stereocenters. The number of hydrogen-bond acceptors (Lipinski definition) is 4. The van der Waals surface area contributed by atoms with Crippen LogP contribution in [0.15, 0.2) is 29.1 Å². The molecule has 74 valence electrons. The van der Waals surface area contributed by atoms with Crippen molar-refractivity contribution in [3.63, 3.8) is 0 Å². The Kier molecular flexibility index (Phi) is 1.74. The predicted molar refractivity (Wildman–Crippen MR) is 62.0 cm³/mol. The number of nitrogens with one attached hydrogen (secondary N) is 1. The second kappa shape index (κ2) is 2.98. The number of fused-ring (bicyclic) bond motifs is 2. The van der Waals surface area contributed by atoms with Gasteiger partial charge < -0.3 is 0 Å². The molecule has 2 heterocycles. The van der Waals surface area contributed by atoms with Crippen molar-refractivity contribution in [3.8, 4) is 0 Å². The average Bonchev–Trinajstić information content (AvgIpc) is 2.59. The molecule has 3 rings (SSSR count). The number of aromatic amines is 1. The monoisotopic (exact) mass is 235 g/mol. The highest BCUT2D eigenvalue weighted by Gasteiger charge is 2.05. The number of hydrogen-bond donors (Lipinski definition) is 1. The third kappa shape index (κ3) is 1.22. The van der Waals surface area contributed by atoms with Crippen molar-refractivity contribution in [2.45, 2.75) is 0 Å². The van der Waals surface area contributed by atoms with Crippen molar-refractivity contribution >= 4 is 38.6 Å². The minimum atomic E-state index is -0.108. The van der Waals surface area contributed by atoms with Gasteiger partial charge in [-0.1, -0.05) is 23.5 Å². The Balaban J connectivity index is 2.71. The summed E-state index contributed by atoms with van der Waals surface area (Å²) in [6, 6.07) is 7.44. The quantitative estimate of drug-likeness (QED) is 0.606. The minimum Gasteiger partial charge on any atom is -0.267 e. The van der Waals surface area contributed by atoms with E-state index in [0.29, 0.717) is 15.1 Å². The van der Waals surface area contributed by atoms with Crippen LogP contribution in [0.1, 0.15) is 0 Å². The largest absolute Gasteiger partial charge is 0.280 e. The van der Waals surface area contributed by atoms with Gasteiger partial charge in [0.05, 0.1) is 5.39 Å². The van der Waals surface area contributed by atoms with Crippen molar-refractivity contribution in [3.05, 3.63) is 39.4 Å². The van der Waals surface area contributed by atoms with Crippen LogP contribution < -0.4 is 5.56 Å². The maximum Gasteiger partial charge on any atom is 0.280 e. The smallest absolute Gasteiger partial charge is 0.267 e.